The van der Waals surface area contributed by atoms with Crippen molar-refractivity contribution >= 4 is 18.3 Å². The average molecular weight is 309 g/mol. The molecule has 0 aromatic heterocycles. The lowest BCUT2D eigenvalue weighted by Gasteiger charge is -2.28. The van der Waals surface area contributed by atoms with E-state index in [9.17, 15) is 4.79 Å². The third-order valence-corrected chi connectivity index (χ3v) is 4.84. The number of hydrogen-bond donors (Lipinski definition) is 2. The Morgan fingerprint density at radius 2 is 1.90 bits per heavy atom. The molecule has 3 rings (SSSR count). The van der Waals surface area contributed by atoms with Gasteiger partial charge in [-0.05, 0) is 75.2 Å². The zero-order chi connectivity index (χ0) is 13.9. The molecule has 1 saturated carbocycles. The fraction of sp³-hybridized carbons (Fsp3) is 0.588. The summed E-state index contributed by atoms with van der Waals surface area (Å²) in [5, 5.41) is 6.56. The highest BCUT2D eigenvalue weighted by Gasteiger charge is 2.23. The SMILES string of the molecule is Cc1c(C(=O)NC2CCC2)cccc1C1CCNCC1.Cl. The smallest absolute Gasteiger partial charge is 0.251 e. The molecule has 21 heavy (non-hydrogen) atoms. The van der Waals surface area contributed by atoms with E-state index in [0.717, 1.165) is 31.5 Å². The summed E-state index contributed by atoms with van der Waals surface area (Å²) in [6.07, 6.45) is 5.87. The fourth-order valence-electron chi connectivity index (χ4n) is 3.29. The van der Waals surface area contributed by atoms with Gasteiger partial charge in [-0.3, -0.25) is 4.79 Å². The minimum absolute atomic E-state index is 0. The Balaban J connectivity index is 0.00000161. The van der Waals surface area contributed by atoms with Crippen LogP contribution in [-0.4, -0.2) is 25.0 Å². The molecule has 0 radical (unpaired) electrons. The van der Waals surface area contributed by atoms with Crippen molar-refractivity contribution in [2.24, 2.45) is 0 Å². The quantitative estimate of drug-likeness (QED) is 0.900. The number of piperidine rings is 1. The second-order valence-electron chi connectivity index (χ2n) is 6.15. The van der Waals surface area contributed by atoms with E-state index >= 15 is 0 Å². The lowest BCUT2D eigenvalue weighted by Crippen LogP contribution is -2.39. The van der Waals surface area contributed by atoms with Gasteiger partial charge in [-0.1, -0.05) is 12.1 Å². The van der Waals surface area contributed by atoms with Gasteiger partial charge in [0.25, 0.3) is 5.91 Å². The minimum Gasteiger partial charge on any atom is -0.349 e. The molecular weight excluding hydrogens is 284 g/mol. The summed E-state index contributed by atoms with van der Waals surface area (Å²) in [6, 6.07) is 6.61. The number of amides is 1. The van der Waals surface area contributed by atoms with Crippen LogP contribution < -0.4 is 10.6 Å². The molecule has 1 amide bonds. The zero-order valence-electron chi connectivity index (χ0n) is 12.7. The summed E-state index contributed by atoms with van der Waals surface area (Å²) in [5.41, 5.74) is 3.41. The third kappa shape index (κ3) is 3.58. The van der Waals surface area contributed by atoms with Crippen molar-refractivity contribution < 1.29 is 4.79 Å². The minimum atomic E-state index is 0. The molecule has 4 heteroatoms. The van der Waals surface area contributed by atoms with E-state index < -0.39 is 0 Å². The number of benzene rings is 1. The van der Waals surface area contributed by atoms with Crippen LogP contribution in [0.1, 0.15) is 59.5 Å². The number of hydrogen-bond acceptors (Lipinski definition) is 2. The molecule has 116 valence electrons. The van der Waals surface area contributed by atoms with Gasteiger partial charge in [0, 0.05) is 11.6 Å². The van der Waals surface area contributed by atoms with Crippen LogP contribution in [0.4, 0.5) is 0 Å². The van der Waals surface area contributed by atoms with Crippen LogP contribution in [-0.2, 0) is 0 Å². The molecule has 1 aromatic rings. The molecule has 0 unspecified atom stereocenters. The van der Waals surface area contributed by atoms with Crippen LogP contribution in [0.5, 0.6) is 0 Å². The van der Waals surface area contributed by atoms with E-state index in [1.165, 1.54) is 30.4 Å². The molecule has 1 aromatic carbocycles. The van der Waals surface area contributed by atoms with Crippen LogP contribution >= 0.6 is 12.4 Å². The van der Waals surface area contributed by atoms with Crippen molar-refractivity contribution in [1.82, 2.24) is 10.6 Å². The maximum Gasteiger partial charge on any atom is 0.251 e. The summed E-state index contributed by atoms with van der Waals surface area (Å²) in [4.78, 5) is 12.4. The Morgan fingerprint density at radius 3 is 2.52 bits per heavy atom. The van der Waals surface area contributed by atoms with E-state index in [4.69, 9.17) is 0 Å². The fourth-order valence-corrected chi connectivity index (χ4v) is 3.29. The van der Waals surface area contributed by atoms with Gasteiger partial charge in [0.05, 0.1) is 0 Å². The van der Waals surface area contributed by atoms with E-state index in [1.54, 1.807) is 0 Å². The topological polar surface area (TPSA) is 41.1 Å². The Morgan fingerprint density at radius 1 is 1.19 bits per heavy atom. The van der Waals surface area contributed by atoms with Crippen LogP contribution in [0.15, 0.2) is 18.2 Å². The van der Waals surface area contributed by atoms with Crippen molar-refractivity contribution in [2.75, 3.05) is 13.1 Å². The van der Waals surface area contributed by atoms with Gasteiger partial charge in [0.1, 0.15) is 0 Å². The zero-order valence-corrected chi connectivity index (χ0v) is 13.5. The highest BCUT2D eigenvalue weighted by atomic mass is 35.5. The van der Waals surface area contributed by atoms with E-state index in [-0.39, 0.29) is 18.3 Å². The Hall–Kier alpha value is -1.06. The largest absolute Gasteiger partial charge is 0.349 e. The van der Waals surface area contributed by atoms with Crippen LogP contribution in [0.2, 0.25) is 0 Å². The van der Waals surface area contributed by atoms with Crippen LogP contribution in [0, 0.1) is 6.92 Å². The molecule has 0 spiro atoms. The second kappa shape index (κ2) is 7.28. The predicted octanol–water partition coefficient (Wildman–Crippen LogP) is 3.17. The van der Waals surface area contributed by atoms with E-state index in [2.05, 4.69) is 23.6 Å². The van der Waals surface area contributed by atoms with Gasteiger partial charge in [-0.2, -0.15) is 0 Å². The summed E-state index contributed by atoms with van der Waals surface area (Å²) in [5.74, 6) is 0.718. The second-order valence-corrected chi connectivity index (χ2v) is 6.15. The number of rotatable bonds is 3. The third-order valence-electron chi connectivity index (χ3n) is 4.84. The number of carbonyl (C=O) groups excluding carboxylic acids is 1. The van der Waals surface area contributed by atoms with Crippen molar-refractivity contribution in [3.05, 3.63) is 34.9 Å². The van der Waals surface area contributed by atoms with Crippen LogP contribution in [0.25, 0.3) is 0 Å². The van der Waals surface area contributed by atoms with Gasteiger partial charge < -0.3 is 10.6 Å². The molecule has 3 nitrogen and oxygen atoms in total. The van der Waals surface area contributed by atoms with Crippen molar-refractivity contribution in [3.63, 3.8) is 0 Å². The van der Waals surface area contributed by atoms with E-state index in [1.807, 2.05) is 12.1 Å². The summed E-state index contributed by atoms with van der Waals surface area (Å²) in [7, 11) is 0. The van der Waals surface area contributed by atoms with E-state index in [0.29, 0.717) is 12.0 Å². The summed E-state index contributed by atoms with van der Waals surface area (Å²) < 4.78 is 0. The normalized spacial score (nSPS) is 19.5. The lowest BCUT2D eigenvalue weighted by atomic mass is 9.85. The molecule has 1 aliphatic heterocycles. The summed E-state index contributed by atoms with van der Waals surface area (Å²) in [6.45, 7) is 4.28. The van der Waals surface area contributed by atoms with Gasteiger partial charge in [-0.25, -0.2) is 0 Å². The molecule has 0 bridgehead atoms. The molecule has 1 heterocycles. The standard InChI is InChI=1S/C17H24N2O.ClH/c1-12-15(13-8-10-18-11-9-13)6-3-7-16(12)17(20)19-14-4-2-5-14;/h3,6-7,13-14,18H,2,4-5,8-11H2,1H3,(H,19,20);1H. The lowest BCUT2D eigenvalue weighted by molar-refractivity contribution is 0.0916. The first-order chi connectivity index (χ1) is 9.75. The van der Waals surface area contributed by atoms with Gasteiger partial charge in [0.15, 0.2) is 0 Å². The molecule has 1 aliphatic carbocycles. The first-order valence-corrected chi connectivity index (χ1v) is 7.87. The number of carbonyl (C=O) groups is 1. The Bertz CT molecular complexity index is 494. The van der Waals surface area contributed by atoms with Gasteiger partial charge in [-0.15, -0.1) is 12.4 Å². The number of halogens is 1. The molecule has 0 atom stereocenters. The number of nitrogens with one attached hydrogen (secondary N) is 2. The average Bonchev–Trinajstić information content (AvgIpc) is 2.44. The highest BCUT2D eigenvalue weighted by Crippen LogP contribution is 2.29. The van der Waals surface area contributed by atoms with Crippen molar-refractivity contribution in [2.45, 2.75) is 51.0 Å². The predicted molar refractivity (Wildman–Crippen MR) is 88.4 cm³/mol. The molecule has 2 N–H and O–H groups in total. The summed E-state index contributed by atoms with van der Waals surface area (Å²) >= 11 is 0. The molecule has 2 aliphatic rings. The van der Waals surface area contributed by atoms with Crippen molar-refractivity contribution in [1.29, 1.82) is 0 Å². The van der Waals surface area contributed by atoms with Crippen LogP contribution in [0.3, 0.4) is 0 Å². The monoisotopic (exact) mass is 308 g/mol. The van der Waals surface area contributed by atoms with Crippen molar-refractivity contribution in [3.8, 4) is 0 Å². The maximum atomic E-state index is 12.4. The first-order valence-electron chi connectivity index (χ1n) is 7.87. The van der Waals surface area contributed by atoms with Gasteiger partial charge >= 0.3 is 0 Å². The maximum absolute atomic E-state index is 12.4. The molecule has 2 fully saturated rings. The van der Waals surface area contributed by atoms with Gasteiger partial charge in [0.2, 0.25) is 0 Å². The Labute approximate surface area is 133 Å². The Kier molecular flexibility index (Phi) is 5.65. The molecule has 1 saturated heterocycles. The highest BCUT2D eigenvalue weighted by molar-refractivity contribution is 5.96. The molecular formula is C17H25ClN2O. The first kappa shape index (κ1) is 16.3.